The van der Waals surface area contributed by atoms with E-state index in [4.69, 9.17) is 11.6 Å². The molecule has 0 saturated carbocycles. The Hall–Kier alpha value is -2.23. The Morgan fingerprint density at radius 3 is 2.00 bits per heavy atom. The molecule has 2 N–H and O–H groups in total. The maximum atomic E-state index is 12.9. The van der Waals surface area contributed by atoms with Crippen molar-refractivity contribution in [2.45, 2.75) is 33.8 Å². The molecule has 0 amide bonds. The molecule has 0 heterocycles. The van der Waals surface area contributed by atoms with Crippen LogP contribution in [0.4, 0.5) is 0 Å². The SMILES string of the molecule is C[C@@H](NS(=O)(=O)c1cc(S(=O)(=O)c2ccccc2)ccc1Cl)[C@H](O)c1ccccc1. The largest absolute Gasteiger partial charge is 0.387 e. The summed E-state index contributed by atoms with van der Waals surface area (Å²) >= 11 is 6.08. The van der Waals surface area contributed by atoms with Gasteiger partial charge >= 0.3 is 0 Å². The molecule has 3 aromatic carbocycles. The Labute approximate surface area is 181 Å². The molecule has 30 heavy (non-hydrogen) atoms. The number of aliphatic hydroxyl groups excluding tert-OH is 1. The zero-order valence-electron chi connectivity index (χ0n) is 15.9. The Kier molecular flexibility index (Phi) is 6.64. The quantitative estimate of drug-likeness (QED) is 0.555. The van der Waals surface area contributed by atoms with Gasteiger partial charge in [-0.15, -0.1) is 0 Å². The van der Waals surface area contributed by atoms with Crippen LogP contribution in [-0.2, 0) is 19.9 Å². The first kappa shape index (κ1) is 22.5. The van der Waals surface area contributed by atoms with Crippen molar-refractivity contribution in [3.63, 3.8) is 0 Å². The van der Waals surface area contributed by atoms with Gasteiger partial charge in [0.25, 0.3) is 0 Å². The number of nitrogens with one attached hydrogen (secondary N) is 1. The molecule has 9 heteroatoms. The van der Waals surface area contributed by atoms with E-state index in [2.05, 4.69) is 4.72 Å². The smallest absolute Gasteiger partial charge is 0.242 e. The van der Waals surface area contributed by atoms with Crippen LogP contribution in [0.15, 0.2) is 93.5 Å². The van der Waals surface area contributed by atoms with Gasteiger partial charge in [-0.3, -0.25) is 0 Å². The minimum absolute atomic E-state index is 0.0384. The first-order valence-corrected chi connectivity index (χ1v) is 12.3. The zero-order chi connectivity index (χ0) is 21.9. The fraction of sp³-hybridized carbons (Fsp3) is 0.143. The lowest BCUT2D eigenvalue weighted by Gasteiger charge is -2.21. The summed E-state index contributed by atoms with van der Waals surface area (Å²) in [5, 5.41) is 10.3. The summed E-state index contributed by atoms with van der Waals surface area (Å²) < 4.78 is 53.9. The molecule has 0 spiro atoms. The van der Waals surface area contributed by atoms with Crippen molar-refractivity contribution >= 4 is 31.5 Å². The van der Waals surface area contributed by atoms with Crippen molar-refractivity contribution in [3.05, 3.63) is 89.4 Å². The van der Waals surface area contributed by atoms with E-state index in [1.165, 1.54) is 31.2 Å². The van der Waals surface area contributed by atoms with Gasteiger partial charge in [0, 0.05) is 6.04 Å². The van der Waals surface area contributed by atoms with Gasteiger partial charge in [0.1, 0.15) is 4.90 Å². The second kappa shape index (κ2) is 8.87. The first-order chi connectivity index (χ1) is 14.1. The first-order valence-electron chi connectivity index (χ1n) is 8.98. The highest BCUT2D eigenvalue weighted by molar-refractivity contribution is 7.91. The van der Waals surface area contributed by atoms with Crippen molar-refractivity contribution in [1.29, 1.82) is 0 Å². The minimum Gasteiger partial charge on any atom is -0.387 e. The third kappa shape index (κ3) is 4.74. The van der Waals surface area contributed by atoms with Gasteiger partial charge in [-0.2, -0.15) is 0 Å². The Morgan fingerprint density at radius 1 is 0.833 bits per heavy atom. The van der Waals surface area contributed by atoms with Crippen LogP contribution in [0.25, 0.3) is 0 Å². The van der Waals surface area contributed by atoms with Crippen LogP contribution in [-0.4, -0.2) is 28.0 Å². The fourth-order valence-electron chi connectivity index (χ4n) is 2.90. The van der Waals surface area contributed by atoms with Crippen LogP contribution in [0.3, 0.4) is 0 Å². The van der Waals surface area contributed by atoms with Crippen molar-refractivity contribution in [2.24, 2.45) is 0 Å². The highest BCUT2D eigenvalue weighted by Gasteiger charge is 2.27. The topological polar surface area (TPSA) is 101 Å². The summed E-state index contributed by atoms with van der Waals surface area (Å²) in [4.78, 5) is -0.542. The van der Waals surface area contributed by atoms with E-state index in [0.29, 0.717) is 5.56 Å². The zero-order valence-corrected chi connectivity index (χ0v) is 18.3. The molecular formula is C21H20ClNO5S2. The summed E-state index contributed by atoms with van der Waals surface area (Å²) in [7, 11) is -8.14. The molecule has 0 fully saturated rings. The van der Waals surface area contributed by atoms with E-state index in [1.807, 2.05) is 0 Å². The molecule has 0 bridgehead atoms. The Bertz CT molecular complexity index is 1230. The van der Waals surface area contributed by atoms with Gasteiger partial charge in [-0.25, -0.2) is 21.6 Å². The fourth-order valence-corrected chi connectivity index (χ4v) is 6.06. The molecule has 0 aliphatic heterocycles. The molecule has 158 valence electrons. The predicted octanol–water partition coefficient (Wildman–Crippen LogP) is 3.57. The number of aliphatic hydroxyl groups is 1. The highest BCUT2D eigenvalue weighted by atomic mass is 35.5. The van der Waals surface area contributed by atoms with Gasteiger partial charge in [-0.1, -0.05) is 60.1 Å². The number of hydrogen-bond acceptors (Lipinski definition) is 5. The number of rotatable bonds is 7. The average molecular weight is 466 g/mol. The van der Waals surface area contributed by atoms with Crippen molar-refractivity contribution in [1.82, 2.24) is 4.72 Å². The Morgan fingerprint density at radius 2 is 1.40 bits per heavy atom. The summed E-state index contributed by atoms with van der Waals surface area (Å²) in [6.45, 7) is 1.51. The molecule has 0 unspecified atom stereocenters. The molecule has 3 rings (SSSR count). The van der Waals surface area contributed by atoms with Crippen LogP contribution < -0.4 is 4.72 Å². The lowest BCUT2D eigenvalue weighted by atomic mass is 10.0. The predicted molar refractivity (Wildman–Crippen MR) is 115 cm³/mol. The number of benzene rings is 3. The molecule has 0 saturated heterocycles. The lowest BCUT2D eigenvalue weighted by Crippen LogP contribution is -2.37. The third-order valence-corrected chi connectivity index (χ3v) is 8.32. The standard InChI is InChI=1S/C21H20ClNO5S2/c1-15(21(24)16-8-4-2-5-9-16)23-30(27,28)20-14-18(12-13-19(20)22)29(25,26)17-10-6-3-7-11-17/h2-15,21,23-24H,1H3/t15-,21+/m1/s1. The summed E-state index contributed by atoms with van der Waals surface area (Å²) in [5.41, 5.74) is 0.541. The summed E-state index contributed by atoms with van der Waals surface area (Å²) in [6.07, 6.45) is -1.10. The summed E-state index contributed by atoms with van der Waals surface area (Å²) in [6, 6.07) is 18.9. The van der Waals surface area contributed by atoms with Crippen LogP contribution in [0.2, 0.25) is 5.02 Å². The van der Waals surface area contributed by atoms with E-state index in [0.717, 1.165) is 6.07 Å². The van der Waals surface area contributed by atoms with E-state index in [9.17, 15) is 21.9 Å². The molecule has 0 radical (unpaired) electrons. The number of hydrogen-bond donors (Lipinski definition) is 2. The van der Waals surface area contributed by atoms with Gasteiger partial charge in [-0.05, 0) is 42.8 Å². The van der Waals surface area contributed by atoms with E-state index in [-0.39, 0.29) is 19.7 Å². The van der Waals surface area contributed by atoms with Crippen LogP contribution in [0.5, 0.6) is 0 Å². The molecule has 0 aliphatic rings. The van der Waals surface area contributed by atoms with Gasteiger partial charge < -0.3 is 5.11 Å². The normalized spacial score (nSPS) is 14.2. The Balaban J connectivity index is 1.94. The van der Waals surface area contributed by atoms with Crippen molar-refractivity contribution < 1.29 is 21.9 Å². The minimum atomic E-state index is -4.21. The second-order valence-corrected chi connectivity index (χ2v) is 10.7. The van der Waals surface area contributed by atoms with E-state index in [1.54, 1.807) is 48.5 Å². The van der Waals surface area contributed by atoms with Crippen molar-refractivity contribution in [2.75, 3.05) is 0 Å². The van der Waals surface area contributed by atoms with E-state index >= 15 is 0 Å². The molecule has 3 aromatic rings. The van der Waals surface area contributed by atoms with Crippen molar-refractivity contribution in [3.8, 4) is 0 Å². The van der Waals surface area contributed by atoms with Gasteiger partial charge in [0.2, 0.25) is 19.9 Å². The molecule has 0 aliphatic carbocycles. The highest BCUT2D eigenvalue weighted by Crippen LogP contribution is 2.29. The molecular weight excluding hydrogens is 446 g/mol. The lowest BCUT2D eigenvalue weighted by molar-refractivity contribution is 0.146. The average Bonchev–Trinajstić information content (AvgIpc) is 2.74. The van der Waals surface area contributed by atoms with Crippen LogP contribution >= 0.6 is 11.6 Å². The molecule has 6 nitrogen and oxygen atoms in total. The number of sulfonamides is 1. The van der Waals surface area contributed by atoms with Gasteiger partial charge in [0.15, 0.2) is 0 Å². The maximum Gasteiger partial charge on any atom is 0.242 e. The monoisotopic (exact) mass is 465 g/mol. The number of halogens is 1. The maximum absolute atomic E-state index is 12.9. The van der Waals surface area contributed by atoms with Crippen LogP contribution in [0, 0.1) is 0 Å². The second-order valence-electron chi connectivity index (χ2n) is 6.67. The van der Waals surface area contributed by atoms with Crippen LogP contribution in [0.1, 0.15) is 18.6 Å². The van der Waals surface area contributed by atoms with E-state index < -0.39 is 32.0 Å². The molecule has 0 aromatic heterocycles. The number of sulfone groups is 1. The van der Waals surface area contributed by atoms with Gasteiger partial charge in [0.05, 0.1) is 20.9 Å². The summed E-state index contributed by atoms with van der Waals surface area (Å²) in [5.74, 6) is 0. The molecule has 2 atom stereocenters. The third-order valence-electron chi connectivity index (χ3n) is 4.51.